The number of aryl methyl sites for hydroxylation is 1. The molecule has 0 saturated carbocycles. The number of hydrogen-bond donors (Lipinski definition) is 0. The molecule has 0 aliphatic rings. The van der Waals surface area contributed by atoms with Crippen LogP contribution in [0.2, 0.25) is 0 Å². The van der Waals surface area contributed by atoms with Gasteiger partial charge in [0.1, 0.15) is 0 Å². The lowest BCUT2D eigenvalue weighted by atomic mass is 10.2. The standard InChI is InChI=1S/C16H17BrN2O2S/c1-5-14(7-6-11(2)3)22(20,21)19-10-12(4)15-8-13(17)9-18-16(15)19/h5-10H,1H2,2-4H3/b14-7+. The summed E-state index contributed by atoms with van der Waals surface area (Å²) in [5, 5.41) is 0.795. The summed E-state index contributed by atoms with van der Waals surface area (Å²) in [7, 11) is -3.73. The second-order valence-corrected chi connectivity index (χ2v) is 7.89. The van der Waals surface area contributed by atoms with Gasteiger partial charge >= 0.3 is 0 Å². The molecule has 0 radical (unpaired) electrons. The Balaban J connectivity index is 2.71. The highest BCUT2D eigenvalue weighted by Gasteiger charge is 2.21. The molecule has 0 bridgehead atoms. The van der Waals surface area contributed by atoms with Gasteiger partial charge < -0.3 is 0 Å². The first-order valence-electron chi connectivity index (χ1n) is 6.63. The number of fused-ring (bicyclic) bond motifs is 1. The van der Waals surface area contributed by atoms with E-state index in [9.17, 15) is 8.42 Å². The van der Waals surface area contributed by atoms with Gasteiger partial charge in [-0.05, 0) is 60.5 Å². The van der Waals surface area contributed by atoms with Crippen LogP contribution < -0.4 is 0 Å². The van der Waals surface area contributed by atoms with E-state index in [0.717, 1.165) is 21.0 Å². The van der Waals surface area contributed by atoms with Crippen molar-refractivity contribution in [2.24, 2.45) is 0 Å². The third kappa shape index (κ3) is 3.08. The molecule has 2 rings (SSSR count). The Morgan fingerprint density at radius 3 is 2.64 bits per heavy atom. The van der Waals surface area contributed by atoms with Crippen LogP contribution in [-0.2, 0) is 10.0 Å². The molecule has 0 aromatic carbocycles. The van der Waals surface area contributed by atoms with E-state index >= 15 is 0 Å². The molecule has 0 fully saturated rings. The Hall–Kier alpha value is -1.66. The maximum Gasteiger partial charge on any atom is 0.269 e. The molecule has 0 aliphatic carbocycles. The van der Waals surface area contributed by atoms with Gasteiger partial charge in [0, 0.05) is 22.3 Å². The van der Waals surface area contributed by atoms with E-state index in [2.05, 4.69) is 27.5 Å². The highest BCUT2D eigenvalue weighted by molar-refractivity contribution is 9.10. The van der Waals surface area contributed by atoms with Gasteiger partial charge in [-0.15, -0.1) is 0 Å². The van der Waals surface area contributed by atoms with Gasteiger partial charge in [0.2, 0.25) is 0 Å². The molecule has 22 heavy (non-hydrogen) atoms. The van der Waals surface area contributed by atoms with Gasteiger partial charge in [-0.2, -0.15) is 0 Å². The SMILES string of the molecule is C=C/C(=C\C=C(C)C)S(=O)(=O)n1cc(C)c2cc(Br)cnc21. The molecule has 0 amide bonds. The highest BCUT2D eigenvalue weighted by Crippen LogP contribution is 2.26. The lowest BCUT2D eigenvalue weighted by molar-refractivity contribution is 0.596. The fourth-order valence-corrected chi connectivity index (χ4v) is 3.69. The molecule has 0 N–H and O–H groups in total. The number of allylic oxidation sites excluding steroid dienone is 4. The van der Waals surface area contributed by atoms with Gasteiger partial charge in [-0.1, -0.05) is 18.2 Å². The van der Waals surface area contributed by atoms with E-state index < -0.39 is 10.0 Å². The molecule has 0 spiro atoms. The van der Waals surface area contributed by atoms with Crippen LogP contribution in [-0.4, -0.2) is 17.4 Å². The minimum Gasteiger partial charge on any atom is -0.236 e. The van der Waals surface area contributed by atoms with Crippen molar-refractivity contribution in [1.82, 2.24) is 8.96 Å². The van der Waals surface area contributed by atoms with Gasteiger partial charge in [0.05, 0.1) is 4.91 Å². The molecule has 116 valence electrons. The lowest BCUT2D eigenvalue weighted by Crippen LogP contribution is -2.13. The van der Waals surface area contributed by atoms with Crippen LogP contribution in [0.4, 0.5) is 0 Å². The number of pyridine rings is 1. The summed E-state index contributed by atoms with van der Waals surface area (Å²) < 4.78 is 27.7. The van der Waals surface area contributed by atoms with Crippen LogP contribution in [0.5, 0.6) is 0 Å². The zero-order chi connectivity index (χ0) is 16.5. The van der Waals surface area contributed by atoms with Crippen LogP contribution in [0, 0.1) is 6.92 Å². The van der Waals surface area contributed by atoms with Gasteiger partial charge in [-0.25, -0.2) is 17.4 Å². The lowest BCUT2D eigenvalue weighted by Gasteiger charge is -2.07. The average Bonchev–Trinajstić information content (AvgIpc) is 2.76. The first-order valence-corrected chi connectivity index (χ1v) is 8.87. The summed E-state index contributed by atoms with van der Waals surface area (Å²) >= 11 is 3.35. The Labute approximate surface area is 139 Å². The number of nitrogens with zero attached hydrogens (tertiary/aromatic N) is 2. The monoisotopic (exact) mass is 380 g/mol. The minimum atomic E-state index is -3.73. The molecule has 2 heterocycles. The number of hydrogen-bond acceptors (Lipinski definition) is 3. The van der Waals surface area contributed by atoms with Crippen LogP contribution in [0.3, 0.4) is 0 Å². The van der Waals surface area contributed by atoms with Gasteiger partial charge in [-0.3, -0.25) is 0 Å². The molecule has 2 aromatic rings. The van der Waals surface area contributed by atoms with E-state index in [1.165, 1.54) is 10.0 Å². The smallest absolute Gasteiger partial charge is 0.236 e. The zero-order valence-corrected chi connectivity index (χ0v) is 15.1. The first-order chi connectivity index (χ1) is 10.3. The molecular formula is C16H17BrN2O2S. The number of rotatable bonds is 4. The summed E-state index contributed by atoms with van der Waals surface area (Å²) in [5.41, 5.74) is 2.26. The molecule has 0 atom stereocenters. The van der Waals surface area contributed by atoms with Crippen molar-refractivity contribution < 1.29 is 8.42 Å². The summed E-state index contributed by atoms with van der Waals surface area (Å²) in [6, 6.07) is 1.86. The highest BCUT2D eigenvalue weighted by atomic mass is 79.9. The summed E-state index contributed by atoms with van der Waals surface area (Å²) in [5.74, 6) is 0. The van der Waals surface area contributed by atoms with Gasteiger partial charge in [0.25, 0.3) is 10.0 Å². The first kappa shape index (κ1) is 16.7. The van der Waals surface area contributed by atoms with Crippen molar-refractivity contribution >= 4 is 37.0 Å². The second kappa shape index (κ2) is 6.22. The van der Waals surface area contributed by atoms with Gasteiger partial charge in [0.15, 0.2) is 5.65 Å². The third-order valence-electron chi connectivity index (χ3n) is 3.12. The van der Waals surface area contributed by atoms with Crippen LogP contribution in [0.1, 0.15) is 19.4 Å². The second-order valence-electron chi connectivity index (χ2n) is 5.15. The summed E-state index contributed by atoms with van der Waals surface area (Å²) in [6.07, 6.45) is 7.81. The van der Waals surface area contributed by atoms with E-state index in [4.69, 9.17) is 0 Å². The Morgan fingerprint density at radius 1 is 1.36 bits per heavy atom. The maximum atomic E-state index is 12.8. The van der Waals surface area contributed by atoms with E-state index in [1.54, 1.807) is 24.5 Å². The summed E-state index contributed by atoms with van der Waals surface area (Å²) in [4.78, 5) is 4.37. The Morgan fingerprint density at radius 2 is 2.05 bits per heavy atom. The van der Waals surface area contributed by atoms with Crippen LogP contribution in [0.25, 0.3) is 11.0 Å². The minimum absolute atomic E-state index is 0.135. The van der Waals surface area contributed by atoms with Crippen molar-refractivity contribution in [2.75, 3.05) is 0 Å². The largest absolute Gasteiger partial charge is 0.269 e. The Bertz CT molecular complexity index is 902. The van der Waals surface area contributed by atoms with E-state index in [0.29, 0.717) is 5.65 Å². The topological polar surface area (TPSA) is 52.0 Å². The van der Waals surface area contributed by atoms with Crippen LogP contribution >= 0.6 is 15.9 Å². The zero-order valence-electron chi connectivity index (χ0n) is 12.7. The molecule has 2 aromatic heterocycles. The quantitative estimate of drug-likeness (QED) is 0.742. The predicted molar refractivity (Wildman–Crippen MR) is 94.2 cm³/mol. The van der Waals surface area contributed by atoms with Crippen molar-refractivity contribution in [2.45, 2.75) is 20.8 Å². The predicted octanol–water partition coefficient (Wildman–Crippen LogP) is 4.32. The van der Waals surface area contributed by atoms with E-state index in [-0.39, 0.29) is 4.91 Å². The molecular weight excluding hydrogens is 364 g/mol. The average molecular weight is 381 g/mol. The summed E-state index contributed by atoms with van der Waals surface area (Å²) in [6.45, 7) is 9.27. The Kier molecular flexibility index (Phi) is 4.72. The molecule has 0 saturated heterocycles. The normalized spacial score (nSPS) is 12.5. The van der Waals surface area contributed by atoms with Crippen LogP contribution in [0.15, 0.2) is 58.2 Å². The number of halogens is 1. The van der Waals surface area contributed by atoms with Crippen molar-refractivity contribution in [3.05, 3.63) is 63.8 Å². The van der Waals surface area contributed by atoms with E-state index in [1.807, 2.05) is 26.8 Å². The van der Waals surface area contributed by atoms with Crippen molar-refractivity contribution in [1.29, 1.82) is 0 Å². The number of aromatic nitrogens is 2. The fraction of sp³-hybridized carbons (Fsp3) is 0.188. The molecule has 0 unspecified atom stereocenters. The molecule has 6 heteroatoms. The van der Waals surface area contributed by atoms with Crippen molar-refractivity contribution in [3.8, 4) is 0 Å². The third-order valence-corrected chi connectivity index (χ3v) is 5.25. The maximum absolute atomic E-state index is 12.8. The fourth-order valence-electron chi connectivity index (χ4n) is 2.01. The molecule has 0 aliphatic heterocycles. The molecule has 4 nitrogen and oxygen atoms in total. The van der Waals surface area contributed by atoms with Crippen molar-refractivity contribution in [3.63, 3.8) is 0 Å².